The van der Waals surface area contributed by atoms with Crippen LogP contribution >= 0.6 is 0 Å². The average Bonchev–Trinajstić information content (AvgIpc) is 2.46. The highest BCUT2D eigenvalue weighted by Gasteiger charge is 2.09. The van der Waals surface area contributed by atoms with E-state index in [1.807, 2.05) is 25.1 Å². The van der Waals surface area contributed by atoms with Crippen LogP contribution in [0.1, 0.15) is 40.2 Å². The van der Waals surface area contributed by atoms with Crippen molar-refractivity contribution in [2.24, 2.45) is 10.9 Å². The molecule has 4 heteroatoms. The molecule has 4 nitrogen and oxygen atoms in total. The number of rotatable bonds is 7. The molecule has 21 heavy (non-hydrogen) atoms. The quantitative estimate of drug-likeness (QED) is 0.599. The number of hydrogen-bond acceptors (Lipinski definition) is 2. The maximum atomic E-state index is 5.64. The van der Waals surface area contributed by atoms with Gasteiger partial charge >= 0.3 is 0 Å². The van der Waals surface area contributed by atoms with Crippen LogP contribution in [0.4, 0.5) is 0 Å². The van der Waals surface area contributed by atoms with Gasteiger partial charge in [0.1, 0.15) is 5.75 Å². The van der Waals surface area contributed by atoms with E-state index >= 15 is 0 Å². The fourth-order valence-corrected chi connectivity index (χ4v) is 1.80. The maximum absolute atomic E-state index is 5.64. The first-order valence-electron chi connectivity index (χ1n) is 7.84. The van der Waals surface area contributed by atoms with E-state index < -0.39 is 0 Å². The van der Waals surface area contributed by atoms with Gasteiger partial charge in [0.05, 0.1) is 13.2 Å². The Morgan fingerprint density at radius 3 is 2.52 bits per heavy atom. The van der Waals surface area contributed by atoms with Crippen molar-refractivity contribution in [1.29, 1.82) is 0 Å². The van der Waals surface area contributed by atoms with Gasteiger partial charge in [-0.3, -0.25) is 0 Å². The summed E-state index contributed by atoms with van der Waals surface area (Å²) >= 11 is 0. The second-order valence-corrected chi connectivity index (χ2v) is 5.41. The first-order chi connectivity index (χ1) is 10.1. The zero-order chi connectivity index (χ0) is 15.7. The van der Waals surface area contributed by atoms with Crippen molar-refractivity contribution in [2.75, 3.05) is 13.2 Å². The van der Waals surface area contributed by atoms with Crippen LogP contribution in [0.5, 0.6) is 5.75 Å². The molecule has 0 fully saturated rings. The largest absolute Gasteiger partial charge is 0.494 e. The number of benzene rings is 1. The minimum atomic E-state index is 0.380. The van der Waals surface area contributed by atoms with Crippen molar-refractivity contribution in [1.82, 2.24) is 10.6 Å². The van der Waals surface area contributed by atoms with Gasteiger partial charge in [-0.1, -0.05) is 32.0 Å². The van der Waals surface area contributed by atoms with E-state index in [1.165, 1.54) is 0 Å². The van der Waals surface area contributed by atoms with Crippen LogP contribution in [-0.4, -0.2) is 25.2 Å². The number of hydrogen-bond donors (Lipinski definition) is 2. The smallest absolute Gasteiger partial charge is 0.191 e. The fraction of sp³-hybridized carbons (Fsp3) is 0.588. The minimum absolute atomic E-state index is 0.380. The molecule has 2 N–H and O–H groups in total. The van der Waals surface area contributed by atoms with Crippen LogP contribution in [-0.2, 0) is 6.54 Å². The number of nitrogens with one attached hydrogen (secondary N) is 2. The SMILES string of the molecule is CCNC(=NCc1ccccc1OCC)NC(C)C(C)C. The van der Waals surface area contributed by atoms with Gasteiger partial charge in [0.2, 0.25) is 0 Å². The number of aliphatic imine (C=N–C) groups is 1. The van der Waals surface area contributed by atoms with Crippen LogP contribution in [0.25, 0.3) is 0 Å². The van der Waals surface area contributed by atoms with E-state index in [9.17, 15) is 0 Å². The van der Waals surface area contributed by atoms with Crippen LogP contribution in [0, 0.1) is 5.92 Å². The average molecular weight is 291 g/mol. The molecule has 1 aromatic rings. The molecule has 0 saturated heterocycles. The highest BCUT2D eigenvalue weighted by Crippen LogP contribution is 2.18. The van der Waals surface area contributed by atoms with Gasteiger partial charge in [-0.25, -0.2) is 4.99 Å². The monoisotopic (exact) mass is 291 g/mol. The second-order valence-electron chi connectivity index (χ2n) is 5.41. The lowest BCUT2D eigenvalue weighted by atomic mass is 10.1. The highest BCUT2D eigenvalue weighted by atomic mass is 16.5. The molecule has 1 rings (SSSR count). The first-order valence-corrected chi connectivity index (χ1v) is 7.84. The molecular formula is C17H29N3O. The van der Waals surface area contributed by atoms with Crippen molar-refractivity contribution in [3.63, 3.8) is 0 Å². The van der Waals surface area contributed by atoms with Crippen LogP contribution in [0.15, 0.2) is 29.3 Å². The summed E-state index contributed by atoms with van der Waals surface area (Å²) < 4.78 is 5.64. The summed E-state index contributed by atoms with van der Waals surface area (Å²) in [6.07, 6.45) is 0. The van der Waals surface area contributed by atoms with E-state index in [0.29, 0.717) is 25.1 Å². The Hall–Kier alpha value is -1.71. The van der Waals surface area contributed by atoms with Crippen LogP contribution < -0.4 is 15.4 Å². The molecule has 1 unspecified atom stereocenters. The third-order valence-electron chi connectivity index (χ3n) is 3.39. The molecule has 0 aromatic heterocycles. The van der Waals surface area contributed by atoms with Crippen molar-refractivity contribution in [3.05, 3.63) is 29.8 Å². The van der Waals surface area contributed by atoms with Gasteiger partial charge in [-0.2, -0.15) is 0 Å². The zero-order valence-electron chi connectivity index (χ0n) is 13.9. The molecule has 1 atom stereocenters. The standard InChI is InChI=1S/C17H29N3O/c1-6-18-17(20-14(5)13(3)4)19-12-15-10-8-9-11-16(15)21-7-2/h8-11,13-14H,6-7,12H2,1-5H3,(H2,18,19,20). The Kier molecular flexibility index (Phi) is 7.65. The van der Waals surface area contributed by atoms with E-state index in [4.69, 9.17) is 4.74 Å². The number of guanidine groups is 1. The highest BCUT2D eigenvalue weighted by molar-refractivity contribution is 5.80. The molecule has 118 valence electrons. The molecule has 0 heterocycles. The Morgan fingerprint density at radius 1 is 1.19 bits per heavy atom. The molecule has 0 amide bonds. The zero-order valence-corrected chi connectivity index (χ0v) is 13.9. The molecule has 0 aliphatic carbocycles. The van der Waals surface area contributed by atoms with Gasteiger partial charge in [0, 0.05) is 18.2 Å². The van der Waals surface area contributed by atoms with Crippen molar-refractivity contribution >= 4 is 5.96 Å². The van der Waals surface area contributed by atoms with E-state index in [-0.39, 0.29) is 0 Å². The van der Waals surface area contributed by atoms with Gasteiger partial charge in [0.25, 0.3) is 0 Å². The normalized spacial score (nSPS) is 13.1. The molecule has 0 aliphatic rings. The van der Waals surface area contributed by atoms with Crippen LogP contribution in [0.3, 0.4) is 0 Å². The Bertz CT molecular complexity index is 443. The lowest BCUT2D eigenvalue weighted by Gasteiger charge is -2.20. The topological polar surface area (TPSA) is 45.7 Å². The van der Waals surface area contributed by atoms with Crippen LogP contribution in [0.2, 0.25) is 0 Å². The van der Waals surface area contributed by atoms with Gasteiger partial charge < -0.3 is 15.4 Å². The number of para-hydroxylation sites is 1. The van der Waals surface area contributed by atoms with E-state index in [0.717, 1.165) is 23.8 Å². The summed E-state index contributed by atoms with van der Waals surface area (Å²) in [5.41, 5.74) is 1.11. The van der Waals surface area contributed by atoms with E-state index in [1.54, 1.807) is 0 Å². The molecule has 1 aromatic carbocycles. The third kappa shape index (κ3) is 6.06. The number of ether oxygens (including phenoxy) is 1. The van der Waals surface area contributed by atoms with Crippen molar-refractivity contribution < 1.29 is 4.74 Å². The molecule has 0 aliphatic heterocycles. The third-order valence-corrected chi connectivity index (χ3v) is 3.39. The predicted octanol–water partition coefficient (Wildman–Crippen LogP) is 3.18. The van der Waals surface area contributed by atoms with Gasteiger partial charge in [-0.05, 0) is 32.8 Å². The molecule has 0 radical (unpaired) electrons. The summed E-state index contributed by atoms with van der Waals surface area (Å²) in [5.74, 6) is 2.33. The van der Waals surface area contributed by atoms with E-state index in [2.05, 4.69) is 49.4 Å². The summed E-state index contributed by atoms with van der Waals surface area (Å²) in [4.78, 5) is 4.66. The second kappa shape index (κ2) is 9.27. The Balaban J connectivity index is 2.77. The summed E-state index contributed by atoms with van der Waals surface area (Å²) in [7, 11) is 0. The maximum Gasteiger partial charge on any atom is 0.191 e. The molecule has 0 spiro atoms. The van der Waals surface area contributed by atoms with Gasteiger partial charge in [-0.15, -0.1) is 0 Å². The molecule has 0 bridgehead atoms. The molecule has 0 saturated carbocycles. The van der Waals surface area contributed by atoms with Crippen molar-refractivity contribution in [2.45, 2.75) is 47.2 Å². The fourth-order valence-electron chi connectivity index (χ4n) is 1.80. The summed E-state index contributed by atoms with van der Waals surface area (Å²) in [6.45, 7) is 12.8. The Morgan fingerprint density at radius 2 is 1.90 bits per heavy atom. The summed E-state index contributed by atoms with van der Waals surface area (Å²) in [5, 5.41) is 6.73. The van der Waals surface area contributed by atoms with Crippen molar-refractivity contribution in [3.8, 4) is 5.75 Å². The Labute approximate surface area is 129 Å². The predicted molar refractivity (Wildman–Crippen MR) is 89.9 cm³/mol. The molecular weight excluding hydrogens is 262 g/mol. The van der Waals surface area contributed by atoms with Gasteiger partial charge in [0.15, 0.2) is 5.96 Å². The minimum Gasteiger partial charge on any atom is -0.494 e. The summed E-state index contributed by atoms with van der Waals surface area (Å²) in [6, 6.07) is 8.44. The number of nitrogens with zero attached hydrogens (tertiary/aromatic N) is 1. The lowest BCUT2D eigenvalue weighted by Crippen LogP contribution is -2.44. The first kappa shape index (κ1) is 17.3. The lowest BCUT2D eigenvalue weighted by molar-refractivity contribution is 0.336.